The number of piperazine rings is 1. The van der Waals surface area contributed by atoms with Crippen molar-refractivity contribution in [1.29, 1.82) is 0 Å². The maximum atomic E-state index is 13.7. The largest absolute Gasteiger partial charge is 0.444 e. The van der Waals surface area contributed by atoms with Gasteiger partial charge in [-0.3, -0.25) is 0 Å². The van der Waals surface area contributed by atoms with Crippen LogP contribution in [-0.4, -0.2) is 66.5 Å². The van der Waals surface area contributed by atoms with Crippen molar-refractivity contribution in [3.05, 3.63) is 17.3 Å². The summed E-state index contributed by atoms with van der Waals surface area (Å²) in [6.07, 6.45) is 1.03. The fraction of sp³-hybridized carbons (Fsp3) is 0.684. The molecule has 0 aliphatic carbocycles. The van der Waals surface area contributed by atoms with Crippen LogP contribution in [0.1, 0.15) is 34.1 Å². The van der Waals surface area contributed by atoms with E-state index in [-0.39, 0.29) is 12.1 Å². The maximum Gasteiger partial charge on any atom is 0.410 e. The molecule has 1 aromatic rings. The number of ether oxygens (including phenoxy) is 1. The molecular weight excluding hydrogens is 371 g/mol. The van der Waals surface area contributed by atoms with Gasteiger partial charge >= 0.3 is 6.09 Å². The number of carbonyl (C=O) groups excluding carboxylic acids is 1. The van der Waals surface area contributed by atoms with E-state index in [9.17, 15) is 9.18 Å². The van der Waals surface area contributed by atoms with E-state index in [0.717, 1.165) is 11.5 Å². The summed E-state index contributed by atoms with van der Waals surface area (Å²) in [5.41, 5.74) is 0.348. The first kappa shape index (κ1) is 20.0. The Kier molecular flexibility index (Phi) is 5.70. The number of carbonyl (C=O) groups is 1. The molecule has 27 heavy (non-hydrogen) atoms. The number of aromatic nitrogens is 1. The van der Waals surface area contributed by atoms with Crippen molar-refractivity contribution < 1.29 is 13.9 Å². The smallest absolute Gasteiger partial charge is 0.410 e. The summed E-state index contributed by atoms with van der Waals surface area (Å²) in [4.78, 5) is 22.8. The predicted molar refractivity (Wildman–Crippen MR) is 106 cm³/mol. The zero-order chi connectivity index (χ0) is 19.8. The third-order valence-corrected chi connectivity index (χ3v) is 5.04. The Morgan fingerprint density at radius 3 is 2.63 bits per heavy atom. The number of pyridine rings is 1. The molecule has 0 bridgehead atoms. The number of amides is 1. The minimum absolute atomic E-state index is 0.0578. The van der Waals surface area contributed by atoms with Crippen LogP contribution in [0.25, 0.3) is 0 Å². The molecule has 3 rings (SSSR count). The molecule has 0 aromatic carbocycles. The molecule has 0 saturated carbocycles. The Balaban J connectivity index is 1.75. The van der Waals surface area contributed by atoms with Crippen LogP contribution in [0.5, 0.6) is 0 Å². The number of nitrogens with zero attached hydrogens (tertiary/aromatic N) is 4. The van der Waals surface area contributed by atoms with Gasteiger partial charge in [-0.2, -0.15) is 0 Å². The van der Waals surface area contributed by atoms with Gasteiger partial charge in [0, 0.05) is 45.0 Å². The molecule has 2 aliphatic rings. The SMILES string of the molecule is C[C@H]1CN(C(=O)OC(C)(C)C)CCN1c1ncc(Cl)cc1N1CC[C@@H](F)C1. The van der Waals surface area contributed by atoms with E-state index in [1.54, 1.807) is 11.1 Å². The normalized spacial score (nSPS) is 23.7. The summed E-state index contributed by atoms with van der Waals surface area (Å²) in [7, 11) is 0. The van der Waals surface area contributed by atoms with Gasteiger partial charge in [0.25, 0.3) is 0 Å². The summed E-state index contributed by atoms with van der Waals surface area (Å²) < 4.78 is 19.2. The topological polar surface area (TPSA) is 48.9 Å². The van der Waals surface area contributed by atoms with Crippen LogP contribution in [0.2, 0.25) is 5.02 Å². The third kappa shape index (κ3) is 4.75. The van der Waals surface area contributed by atoms with E-state index in [2.05, 4.69) is 16.8 Å². The van der Waals surface area contributed by atoms with Crippen LogP contribution in [0.15, 0.2) is 12.3 Å². The second-order valence-corrected chi connectivity index (χ2v) is 8.73. The van der Waals surface area contributed by atoms with Crippen LogP contribution < -0.4 is 9.80 Å². The van der Waals surface area contributed by atoms with Crippen molar-refractivity contribution >= 4 is 29.2 Å². The summed E-state index contributed by atoms with van der Waals surface area (Å²) in [5.74, 6) is 0.796. The van der Waals surface area contributed by atoms with E-state index in [0.29, 0.717) is 44.2 Å². The Labute approximate surface area is 165 Å². The summed E-state index contributed by atoms with van der Waals surface area (Å²) >= 11 is 6.16. The average Bonchev–Trinajstić information content (AvgIpc) is 3.00. The third-order valence-electron chi connectivity index (χ3n) is 4.84. The van der Waals surface area contributed by atoms with E-state index in [1.165, 1.54) is 0 Å². The van der Waals surface area contributed by atoms with Crippen LogP contribution in [-0.2, 0) is 4.74 Å². The molecule has 8 heteroatoms. The molecule has 0 radical (unpaired) electrons. The molecule has 2 fully saturated rings. The highest BCUT2D eigenvalue weighted by atomic mass is 35.5. The number of rotatable bonds is 2. The van der Waals surface area contributed by atoms with E-state index >= 15 is 0 Å². The Morgan fingerprint density at radius 1 is 1.30 bits per heavy atom. The van der Waals surface area contributed by atoms with Gasteiger partial charge in [0.05, 0.1) is 10.7 Å². The molecular formula is C19H28ClFN4O2. The maximum absolute atomic E-state index is 13.7. The molecule has 2 atom stereocenters. The molecule has 3 heterocycles. The van der Waals surface area contributed by atoms with Crippen molar-refractivity contribution in [2.75, 3.05) is 42.5 Å². The predicted octanol–water partition coefficient (Wildman–Crippen LogP) is 3.73. The zero-order valence-corrected chi connectivity index (χ0v) is 17.2. The fourth-order valence-electron chi connectivity index (χ4n) is 3.58. The summed E-state index contributed by atoms with van der Waals surface area (Å²) in [5, 5.41) is 0.538. The van der Waals surface area contributed by atoms with Gasteiger partial charge in [0.2, 0.25) is 0 Å². The molecule has 1 aromatic heterocycles. The lowest BCUT2D eigenvalue weighted by atomic mass is 10.1. The summed E-state index contributed by atoms with van der Waals surface area (Å²) in [6, 6.07) is 1.91. The number of anilines is 2. The number of hydrogen-bond acceptors (Lipinski definition) is 5. The van der Waals surface area contributed by atoms with Crippen molar-refractivity contribution in [3.8, 4) is 0 Å². The van der Waals surface area contributed by atoms with Gasteiger partial charge in [-0.05, 0) is 40.2 Å². The van der Waals surface area contributed by atoms with Gasteiger partial charge in [-0.1, -0.05) is 11.6 Å². The summed E-state index contributed by atoms with van der Waals surface area (Å²) in [6.45, 7) is 10.4. The molecule has 6 nitrogen and oxygen atoms in total. The van der Waals surface area contributed by atoms with Crippen molar-refractivity contribution in [1.82, 2.24) is 9.88 Å². The molecule has 150 valence electrons. The molecule has 2 saturated heterocycles. The lowest BCUT2D eigenvalue weighted by Gasteiger charge is -2.42. The van der Waals surface area contributed by atoms with Crippen molar-refractivity contribution in [2.45, 2.75) is 51.9 Å². The first-order chi connectivity index (χ1) is 12.6. The Hall–Kier alpha value is -1.76. The van der Waals surface area contributed by atoms with Crippen LogP contribution in [0.4, 0.5) is 20.7 Å². The minimum Gasteiger partial charge on any atom is -0.444 e. The highest BCUT2D eigenvalue weighted by Gasteiger charge is 2.33. The number of hydrogen-bond donors (Lipinski definition) is 0. The van der Waals surface area contributed by atoms with E-state index in [1.807, 2.05) is 31.7 Å². The first-order valence-electron chi connectivity index (χ1n) is 9.43. The van der Waals surface area contributed by atoms with Crippen molar-refractivity contribution in [2.24, 2.45) is 0 Å². The second-order valence-electron chi connectivity index (χ2n) is 8.30. The second kappa shape index (κ2) is 7.70. The minimum atomic E-state index is -0.821. The molecule has 1 amide bonds. The lowest BCUT2D eigenvalue weighted by molar-refractivity contribution is 0.0218. The van der Waals surface area contributed by atoms with Crippen LogP contribution in [0, 0.1) is 0 Å². The molecule has 0 N–H and O–H groups in total. The van der Waals surface area contributed by atoms with Gasteiger partial charge in [0.15, 0.2) is 5.82 Å². The van der Waals surface area contributed by atoms with E-state index < -0.39 is 11.8 Å². The van der Waals surface area contributed by atoms with Gasteiger partial charge in [-0.25, -0.2) is 14.2 Å². The van der Waals surface area contributed by atoms with Crippen LogP contribution >= 0.6 is 11.6 Å². The highest BCUT2D eigenvalue weighted by Crippen LogP contribution is 2.34. The quantitative estimate of drug-likeness (QED) is 0.759. The standard InChI is InChI=1S/C19H28ClFN4O2/c1-13-11-24(18(26)27-19(2,3)4)7-8-25(13)17-16(9-14(20)10-22-17)23-6-5-15(21)12-23/h9-10,13,15H,5-8,11-12H2,1-4H3/t13-,15+/m0/s1. The average molecular weight is 399 g/mol. The van der Waals surface area contributed by atoms with Crippen LogP contribution in [0.3, 0.4) is 0 Å². The highest BCUT2D eigenvalue weighted by molar-refractivity contribution is 6.30. The molecule has 0 unspecified atom stereocenters. The van der Waals surface area contributed by atoms with E-state index in [4.69, 9.17) is 16.3 Å². The van der Waals surface area contributed by atoms with Gasteiger partial charge in [-0.15, -0.1) is 0 Å². The molecule has 2 aliphatic heterocycles. The molecule has 0 spiro atoms. The van der Waals surface area contributed by atoms with Gasteiger partial charge in [0.1, 0.15) is 11.8 Å². The zero-order valence-electron chi connectivity index (χ0n) is 16.4. The monoisotopic (exact) mass is 398 g/mol. The number of alkyl halides is 1. The lowest BCUT2D eigenvalue weighted by Crippen LogP contribution is -2.55. The Bertz CT molecular complexity index is 697. The first-order valence-corrected chi connectivity index (χ1v) is 9.81. The Morgan fingerprint density at radius 2 is 2.04 bits per heavy atom. The fourth-order valence-corrected chi connectivity index (χ4v) is 3.73. The number of halogens is 2. The van der Waals surface area contributed by atoms with Crippen molar-refractivity contribution in [3.63, 3.8) is 0 Å². The van der Waals surface area contributed by atoms with Gasteiger partial charge < -0.3 is 19.4 Å².